The Hall–Kier alpha value is -1.49. The summed E-state index contributed by atoms with van der Waals surface area (Å²) in [5, 5.41) is 14.1. The minimum absolute atomic E-state index is 0.0143. The van der Waals surface area contributed by atoms with Crippen molar-refractivity contribution in [1.29, 1.82) is 0 Å². The van der Waals surface area contributed by atoms with Crippen LogP contribution in [0, 0.1) is 10.1 Å². The number of hydrogen-bond acceptors (Lipinski definition) is 4. The normalized spacial score (nSPS) is 15.1. The fourth-order valence-electron chi connectivity index (χ4n) is 2.10. The van der Waals surface area contributed by atoms with Crippen molar-refractivity contribution >= 4 is 28.7 Å². The Morgan fingerprint density at radius 2 is 2.06 bits per heavy atom. The number of benzene rings is 1. The van der Waals surface area contributed by atoms with E-state index in [0.717, 1.165) is 31.6 Å². The molecule has 5 nitrogen and oxygen atoms in total. The molecule has 1 aliphatic heterocycles. The Morgan fingerprint density at radius 3 is 2.59 bits per heavy atom. The number of rotatable bonds is 3. The molecule has 6 heteroatoms. The average molecular weight is 256 g/mol. The van der Waals surface area contributed by atoms with Crippen molar-refractivity contribution in [1.82, 2.24) is 0 Å². The van der Waals surface area contributed by atoms with E-state index in [0.29, 0.717) is 10.7 Å². The van der Waals surface area contributed by atoms with Gasteiger partial charge in [-0.25, -0.2) is 0 Å². The van der Waals surface area contributed by atoms with E-state index in [4.69, 9.17) is 11.6 Å². The van der Waals surface area contributed by atoms with Crippen LogP contribution in [0.3, 0.4) is 0 Å². The van der Waals surface area contributed by atoms with Crippen LogP contribution in [-0.2, 0) is 0 Å². The molecule has 17 heavy (non-hydrogen) atoms. The van der Waals surface area contributed by atoms with E-state index >= 15 is 0 Å². The third-order valence-corrected chi connectivity index (χ3v) is 3.28. The summed E-state index contributed by atoms with van der Waals surface area (Å²) in [6.45, 7) is 1.92. The van der Waals surface area contributed by atoms with E-state index in [-0.39, 0.29) is 5.69 Å². The van der Waals surface area contributed by atoms with Gasteiger partial charge in [-0.15, -0.1) is 0 Å². The number of nitro groups is 1. The maximum Gasteiger partial charge on any atom is 0.293 e. The zero-order valence-corrected chi connectivity index (χ0v) is 10.3. The van der Waals surface area contributed by atoms with Crippen LogP contribution in [-0.4, -0.2) is 25.1 Å². The number of anilines is 2. The number of nitrogens with one attached hydrogen (secondary N) is 1. The van der Waals surface area contributed by atoms with Crippen molar-refractivity contribution in [2.24, 2.45) is 0 Å². The third-order valence-electron chi connectivity index (χ3n) is 2.98. The predicted octanol–water partition coefficient (Wildman–Crippen LogP) is 2.89. The quantitative estimate of drug-likeness (QED) is 0.666. The monoisotopic (exact) mass is 255 g/mol. The van der Waals surface area contributed by atoms with Crippen molar-refractivity contribution in [3.63, 3.8) is 0 Å². The van der Waals surface area contributed by atoms with Gasteiger partial charge < -0.3 is 10.2 Å². The number of nitrogens with zero attached hydrogens (tertiary/aromatic N) is 2. The molecule has 0 saturated carbocycles. The predicted molar refractivity (Wildman–Crippen MR) is 69.1 cm³/mol. The van der Waals surface area contributed by atoms with Gasteiger partial charge in [0.2, 0.25) is 0 Å². The maximum absolute atomic E-state index is 10.9. The lowest BCUT2D eigenvalue weighted by Gasteiger charge is -2.20. The van der Waals surface area contributed by atoms with Gasteiger partial charge in [-0.1, -0.05) is 11.6 Å². The zero-order chi connectivity index (χ0) is 12.4. The summed E-state index contributed by atoms with van der Waals surface area (Å²) in [6.07, 6.45) is 2.28. The first-order valence-electron chi connectivity index (χ1n) is 5.54. The second-order valence-corrected chi connectivity index (χ2v) is 4.43. The van der Waals surface area contributed by atoms with E-state index in [1.54, 1.807) is 13.1 Å². The van der Waals surface area contributed by atoms with Gasteiger partial charge in [0.25, 0.3) is 5.69 Å². The molecule has 0 radical (unpaired) electrons. The molecule has 1 fully saturated rings. The lowest BCUT2D eigenvalue weighted by Crippen LogP contribution is -2.18. The second kappa shape index (κ2) is 4.79. The Labute approximate surface area is 105 Å². The largest absolute Gasteiger partial charge is 0.383 e. The first-order chi connectivity index (χ1) is 8.13. The highest BCUT2D eigenvalue weighted by molar-refractivity contribution is 6.33. The molecule has 1 aromatic carbocycles. The highest BCUT2D eigenvalue weighted by Gasteiger charge is 2.21. The highest BCUT2D eigenvalue weighted by atomic mass is 35.5. The van der Waals surface area contributed by atoms with Crippen LogP contribution in [0.15, 0.2) is 12.1 Å². The molecule has 92 valence electrons. The fraction of sp³-hybridized carbons (Fsp3) is 0.455. The Kier molecular flexibility index (Phi) is 3.38. The lowest BCUT2D eigenvalue weighted by molar-refractivity contribution is -0.383. The third kappa shape index (κ3) is 2.29. The summed E-state index contributed by atoms with van der Waals surface area (Å²) in [4.78, 5) is 12.6. The van der Waals surface area contributed by atoms with Crippen LogP contribution in [0.25, 0.3) is 0 Å². The number of halogens is 1. The Balaban J connectivity index is 2.44. The molecule has 0 amide bonds. The average Bonchev–Trinajstić information content (AvgIpc) is 2.82. The summed E-state index contributed by atoms with van der Waals surface area (Å²) in [5.41, 5.74) is 1.39. The Morgan fingerprint density at radius 1 is 1.41 bits per heavy atom. The molecule has 1 N–H and O–H groups in total. The van der Waals surface area contributed by atoms with Gasteiger partial charge in [0.15, 0.2) is 0 Å². The Bertz CT molecular complexity index is 445. The molecule has 0 aliphatic carbocycles. The summed E-state index contributed by atoms with van der Waals surface area (Å²) < 4.78 is 0. The van der Waals surface area contributed by atoms with Crippen LogP contribution in [0.4, 0.5) is 17.1 Å². The van der Waals surface area contributed by atoms with Gasteiger partial charge in [-0.05, 0) is 18.9 Å². The summed E-state index contributed by atoms with van der Waals surface area (Å²) in [6, 6.07) is 3.17. The molecule has 0 aromatic heterocycles. The summed E-state index contributed by atoms with van der Waals surface area (Å²) in [5.74, 6) is 0. The summed E-state index contributed by atoms with van der Waals surface area (Å²) in [7, 11) is 1.67. The molecule has 2 rings (SSSR count). The maximum atomic E-state index is 10.9. The molecule has 1 aliphatic rings. The van der Waals surface area contributed by atoms with Crippen molar-refractivity contribution in [2.45, 2.75) is 12.8 Å². The van der Waals surface area contributed by atoms with Crippen LogP contribution in [0.2, 0.25) is 5.02 Å². The van der Waals surface area contributed by atoms with Crippen molar-refractivity contribution < 1.29 is 4.92 Å². The molecule has 0 atom stereocenters. The van der Waals surface area contributed by atoms with Gasteiger partial charge in [0.05, 0.1) is 15.6 Å². The first kappa shape index (κ1) is 12.0. The van der Waals surface area contributed by atoms with E-state index in [9.17, 15) is 10.1 Å². The zero-order valence-electron chi connectivity index (χ0n) is 9.57. The van der Waals surface area contributed by atoms with Gasteiger partial charge in [0.1, 0.15) is 5.69 Å². The highest BCUT2D eigenvalue weighted by Crippen LogP contribution is 2.37. The lowest BCUT2D eigenvalue weighted by atomic mass is 10.2. The van der Waals surface area contributed by atoms with E-state index in [1.165, 1.54) is 6.07 Å². The molecule has 0 unspecified atom stereocenters. The van der Waals surface area contributed by atoms with Crippen LogP contribution < -0.4 is 10.2 Å². The SMILES string of the molecule is CNc1cc(N2CCCC2)c(Cl)cc1[N+](=O)[O-]. The standard InChI is InChI=1S/C11H14ClN3O2/c1-13-9-7-10(14-4-2-3-5-14)8(12)6-11(9)15(16)17/h6-7,13H,2-5H2,1H3. The fourth-order valence-corrected chi connectivity index (χ4v) is 2.38. The van der Waals surface area contributed by atoms with Gasteiger partial charge >= 0.3 is 0 Å². The van der Waals surface area contributed by atoms with Crippen LogP contribution in [0.1, 0.15) is 12.8 Å². The van der Waals surface area contributed by atoms with E-state index in [1.807, 2.05) is 0 Å². The van der Waals surface area contributed by atoms with E-state index < -0.39 is 4.92 Å². The minimum atomic E-state index is -0.425. The van der Waals surface area contributed by atoms with Gasteiger partial charge in [-0.2, -0.15) is 0 Å². The minimum Gasteiger partial charge on any atom is -0.383 e. The van der Waals surface area contributed by atoms with Crippen molar-refractivity contribution in [3.8, 4) is 0 Å². The van der Waals surface area contributed by atoms with Crippen LogP contribution >= 0.6 is 11.6 Å². The van der Waals surface area contributed by atoms with E-state index in [2.05, 4.69) is 10.2 Å². The number of hydrogen-bond donors (Lipinski definition) is 1. The molecular formula is C11H14ClN3O2. The summed E-state index contributed by atoms with van der Waals surface area (Å²) >= 11 is 6.11. The second-order valence-electron chi connectivity index (χ2n) is 4.02. The smallest absolute Gasteiger partial charge is 0.293 e. The topological polar surface area (TPSA) is 58.4 Å². The number of nitro benzene ring substituents is 1. The van der Waals surface area contributed by atoms with Crippen molar-refractivity contribution in [2.75, 3.05) is 30.4 Å². The van der Waals surface area contributed by atoms with Gasteiger partial charge in [-0.3, -0.25) is 10.1 Å². The molecule has 1 saturated heterocycles. The van der Waals surface area contributed by atoms with Crippen molar-refractivity contribution in [3.05, 3.63) is 27.3 Å². The molecule has 0 bridgehead atoms. The molecule has 1 heterocycles. The molecule has 0 spiro atoms. The first-order valence-corrected chi connectivity index (χ1v) is 5.92. The molecular weight excluding hydrogens is 242 g/mol. The van der Waals surface area contributed by atoms with Gasteiger partial charge in [0, 0.05) is 26.2 Å². The van der Waals surface area contributed by atoms with Crippen LogP contribution in [0.5, 0.6) is 0 Å². The molecule has 1 aromatic rings.